The molecule has 3 atom stereocenters. The third kappa shape index (κ3) is 4.92. The Bertz CT molecular complexity index is 1700. The van der Waals surface area contributed by atoms with Crippen molar-refractivity contribution >= 4 is 69.5 Å². The first-order valence-corrected chi connectivity index (χ1v) is 15.4. The Morgan fingerprint density at radius 3 is 2.39 bits per heavy atom. The van der Waals surface area contributed by atoms with Crippen LogP contribution in [-0.4, -0.2) is 40.1 Å². The van der Waals surface area contributed by atoms with E-state index in [1.165, 1.54) is 32.9 Å². The molecule has 0 radical (unpaired) electrons. The molecule has 1 N–H and O–H groups in total. The smallest absolute Gasteiger partial charge is 0.338 e. The molecular formula is C29H23N3O6S3. The Labute approximate surface area is 246 Å². The molecule has 0 saturated carbocycles. The van der Waals surface area contributed by atoms with Gasteiger partial charge >= 0.3 is 10.8 Å². The molecule has 1 saturated heterocycles. The number of imide groups is 1. The second-order valence-electron chi connectivity index (χ2n) is 9.37. The number of thiophene rings is 1. The van der Waals surface area contributed by atoms with Crippen molar-refractivity contribution < 1.29 is 23.9 Å². The van der Waals surface area contributed by atoms with Gasteiger partial charge in [-0.3, -0.25) is 23.7 Å². The van der Waals surface area contributed by atoms with Gasteiger partial charge in [-0.1, -0.05) is 47.4 Å². The van der Waals surface area contributed by atoms with Gasteiger partial charge in [0.25, 0.3) is 0 Å². The third-order valence-corrected chi connectivity index (χ3v) is 10.5. The van der Waals surface area contributed by atoms with Crippen molar-refractivity contribution in [2.24, 2.45) is 5.92 Å². The molecule has 4 aromatic rings. The number of anilines is 2. The maximum Gasteiger partial charge on any atom is 0.338 e. The van der Waals surface area contributed by atoms with E-state index in [9.17, 15) is 24.0 Å². The highest BCUT2D eigenvalue weighted by atomic mass is 32.2. The fourth-order valence-electron chi connectivity index (χ4n) is 5.11. The third-order valence-electron chi connectivity index (χ3n) is 6.89. The topological polar surface area (TPSA) is 115 Å². The highest BCUT2D eigenvalue weighted by molar-refractivity contribution is 8.00. The fourth-order valence-corrected chi connectivity index (χ4v) is 8.83. The number of carbonyl (C=O) groups is 4. The predicted octanol–water partition coefficient (Wildman–Crippen LogP) is 4.58. The summed E-state index contributed by atoms with van der Waals surface area (Å²) in [5, 5.41) is 4.44. The summed E-state index contributed by atoms with van der Waals surface area (Å²) in [6.07, 6.45) is 0. The zero-order chi connectivity index (χ0) is 28.7. The van der Waals surface area contributed by atoms with Crippen LogP contribution in [0.2, 0.25) is 0 Å². The van der Waals surface area contributed by atoms with Crippen molar-refractivity contribution in [1.29, 1.82) is 0 Å². The van der Waals surface area contributed by atoms with Gasteiger partial charge in [0.15, 0.2) is 0 Å². The van der Waals surface area contributed by atoms with Crippen LogP contribution < -0.4 is 15.1 Å². The fraction of sp³-hybridized carbons (Fsp3) is 0.207. The average molecular weight is 606 g/mol. The molecule has 0 spiro atoms. The van der Waals surface area contributed by atoms with E-state index in [2.05, 4.69) is 5.32 Å². The summed E-state index contributed by atoms with van der Waals surface area (Å²) in [6.45, 7) is 1.73. The Kier molecular flexibility index (Phi) is 7.37. The van der Waals surface area contributed by atoms with Crippen LogP contribution in [0.15, 0.2) is 81.9 Å². The molecule has 2 aromatic heterocycles. The number of aromatic nitrogens is 1. The number of amides is 3. The molecule has 0 aliphatic carbocycles. The van der Waals surface area contributed by atoms with Crippen LogP contribution in [-0.2, 0) is 25.7 Å². The SMILES string of the molecule is CCOC(=O)c1ccc(N2C(=O)[C@@H]3[C@H](c4cccs4)c4sc(=O)n(CC(=O)Nc5ccccc5)c4S[C@@H]3C2=O)cc1. The molecule has 12 heteroatoms. The molecule has 3 amide bonds. The molecule has 2 aromatic carbocycles. The first-order valence-electron chi connectivity index (χ1n) is 12.8. The number of thiazole rings is 1. The van der Waals surface area contributed by atoms with Gasteiger partial charge in [-0.25, -0.2) is 9.69 Å². The van der Waals surface area contributed by atoms with E-state index in [-0.39, 0.29) is 29.8 Å². The molecular weight excluding hydrogens is 583 g/mol. The lowest BCUT2D eigenvalue weighted by Crippen LogP contribution is -2.32. The molecule has 41 heavy (non-hydrogen) atoms. The quantitative estimate of drug-likeness (QED) is 0.242. The van der Waals surface area contributed by atoms with Crippen LogP contribution in [0.1, 0.15) is 33.0 Å². The van der Waals surface area contributed by atoms with Crippen molar-refractivity contribution in [1.82, 2.24) is 4.57 Å². The van der Waals surface area contributed by atoms with Gasteiger partial charge in [0, 0.05) is 21.4 Å². The highest BCUT2D eigenvalue weighted by Crippen LogP contribution is 2.54. The van der Waals surface area contributed by atoms with Crippen LogP contribution in [0.4, 0.5) is 11.4 Å². The zero-order valence-electron chi connectivity index (χ0n) is 21.6. The summed E-state index contributed by atoms with van der Waals surface area (Å²) in [5.74, 6) is -2.86. The van der Waals surface area contributed by atoms with Gasteiger partial charge < -0.3 is 10.1 Å². The summed E-state index contributed by atoms with van der Waals surface area (Å²) >= 11 is 3.63. The van der Waals surface area contributed by atoms with Gasteiger partial charge in [0.1, 0.15) is 11.8 Å². The van der Waals surface area contributed by atoms with E-state index in [0.717, 1.165) is 28.0 Å². The lowest BCUT2D eigenvalue weighted by molar-refractivity contribution is -0.122. The number of benzene rings is 2. The standard InChI is InChI=1S/C29H23N3O6S3/c1-2-38-28(36)16-10-12-18(13-11-16)32-25(34)22-21(19-9-6-14-39-19)24-27(40-23(22)26(32)35)31(29(37)41-24)15-20(33)30-17-7-4-3-5-8-17/h3-14,21-23H,2,15H2,1H3,(H,30,33)/t21-,22+,23-/m0/s1. The number of carbonyl (C=O) groups excluding carboxylic acids is 4. The van der Waals surface area contributed by atoms with Crippen LogP contribution in [0.25, 0.3) is 0 Å². The predicted molar refractivity (Wildman–Crippen MR) is 158 cm³/mol. The monoisotopic (exact) mass is 605 g/mol. The number of hydrogen-bond acceptors (Lipinski definition) is 9. The van der Waals surface area contributed by atoms with E-state index in [1.54, 1.807) is 43.3 Å². The Balaban J connectivity index is 1.35. The lowest BCUT2D eigenvalue weighted by Gasteiger charge is -2.29. The molecule has 2 aliphatic rings. The molecule has 0 bridgehead atoms. The summed E-state index contributed by atoms with van der Waals surface area (Å²) in [7, 11) is 0. The number of thioether (sulfide) groups is 1. The Morgan fingerprint density at radius 2 is 1.71 bits per heavy atom. The number of hydrogen-bond donors (Lipinski definition) is 1. The summed E-state index contributed by atoms with van der Waals surface area (Å²) < 4.78 is 6.43. The van der Waals surface area contributed by atoms with E-state index >= 15 is 0 Å². The van der Waals surface area contributed by atoms with Gasteiger partial charge in [-0.15, -0.1) is 11.3 Å². The molecule has 9 nitrogen and oxygen atoms in total. The van der Waals surface area contributed by atoms with E-state index < -0.39 is 29.0 Å². The minimum Gasteiger partial charge on any atom is -0.462 e. The number of esters is 1. The van der Waals surface area contributed by atoms with Gasteiger partial charge in [0.2, 0.25) is 17.7 Å². The maximum absolute atomic E-state index is 13.9. The normalized spacial score (nSPS) is 19.5. The van der Waals surface area contributed by atoms with Crippen LogP contribution >= 0.6 is 34.4 Å². The number of para-hydroxylation sites is 1. The lowest BCUT2D eigenvalue weighted by atomic mass is 9.87. The second kappa shape index (κ2) is 11.1. The number of fused-ring (bicyclic) bond motifs is 2. The van der Waals surface area contributed by atoms with Gasteiger partial charge in [-0.05, 0) is 54.8 Å². The van der Waals surface area contributed by atoms with Crippen molar-refractivity contribution in [3.8, 4) is 0 Å². The maximum atomic E-state index is 13.9. The van der Waals surface area contributed by atoms with Crippen molar-refractivity contribution in [2.75, 3.05) is 16.8 Å². The summed E-state index contributed by atoms with van der Waals surface area (Å²) in [4.78, 5) is 68.3. The molecule has 2 aliphatic heterocycles. The zero-order valence-corrected chi connectivity index (χ0v) is 24.1. The minimum absolute atomic E-state index is 0.220. The van der Waals surface area contributed by atoms with Gasteiger partial charge in [-0.2, -0.15) is 0 Å². The van der Waals surface area contributed by atoms with Crippen LogP contribution in [0.5, 0.6) is 0 Å². The van der Waals surface area contributed by atoms with E-state index in [1.807, 2.05) is 23.6 Å². The number of nitrogens with zero attached hydrogens (tertiary/aromatic N) is 2. The Hall–Kier alpha value is -4.00. The van der Waals surface area contributed by atoms with Crippen molar-refractivity contribution in [3.05, 3.63) is 97.1 Å². The molecule has 208 valence electrons. The Morgan fingerprint density at radius 1 is 0.951 bits per heavy atom. The summed E-state index contributed by atoms with van der Waals surface area (Å²) in [6, 6.07) is 18.9. The molecule has 1 fully saturated rings. The average Bonchev–Trinajstić information content (AvgIpc) is 3.67. The molecule has 4 heterocycles. The molecule has 0 unspecified atom stereocenters. The van der Waals surface area contributed by atoms with Crippen LogP contribution in [0, 0.1) is 5.92 Å². The van der Waals surface area contributed by atoms with Gasteiger partial charge in [0.05, 0.1) is 28.8 Å². The second-order valence-corrected chi connectivity index (χ2v) is 12.5. The minimum atomic E-state index is -0.788. The first kappa shape index (κ1) is 27.2. The number of rotatable bonds is 7. The van der Waals surface area contributed by atoms with Crippen molar-refractivity contribution in [3.63, 3.8) is 0 Å². The number of ether oxygens (including phenoxy) is 1. The summed E-state index contributed by atoms with van der Waals surface area (Å²) in [5.41, 5.74) is 1.29. The highest BCUT2D eigenvalue weighted by Gasteiger charge is 2.57. The largest absolute Gasteiger partial charge is 0.462 e. The first-order chi connectivity index (χ1) is 19.9. The van der Waals surface area contributed by atoms with E-state index in [0.29, 0.717) is 26.8 Å². The molecule has 6 rings (SSSR count). The number of nitrogens with one attached hydrogen (secondary N) is 1. The van der Waals surface area contributed by atoms with Crippen molar-refractivity contribution in [2.45, 2.75) is 29.7 Å². The van der Waals surface area contributed by atoms with E-state index in [4.69, 9.17) is 4.74 Å². The van der Waals surface area contributed by atoms with Crippen LogP contribution in [0.3, 0.4) is 0 Å².